The smallest absolute Gasteiger partial charge is 0.306 e. The lowest BCUT2D eigenvalue weighted by Crippen LogP contribution is -2.39. The molecule has 2 aliphatic carbocycles. The molecule has 4 unspecified atom stereocenters. The molecule has 0 aromatic rings. The van der Waals surface area contributed by atoms with Crippen molar-refractivity contribution in [3.8, 4) is 0 Å². The molecule has 2 saturated carbocycles. The van der Waals surface area contributed by atoms with Crippen LogP contribution in [0.3, 0.4) is 0 Å². The van der Waals surface area contributed by atoms with Crippen LogP contribution in [0, 0.1) is 17.8 Å². The van der Waals surface area contributed by atoms with Crippen LogP contribution in [-0.2, 0) is 14.4 Å². The van der Waals surface area contributed by atoms with E-state index in [9.17, 15) is 14.4 Å². The van der Waals surface area contributed by atoms with Crippen molar-refractivity contribution in [2.45, 2.75) is 51.0 Å². The first-order valence-corrected chi connectivity index (χ1v) is 7.19. The minimum absolute atomic E-state index is 0.0364. The van der Waals surface area contributed by atoms with E-state index in [2.05, 4.69) is 0 Å². The van der Waals surface area contributed by atoms with E-state index < -0.39 is 11.9 Å². The number of carbonyl (C=O) groups is 3. The van der Waals surface area contributed by atoms with Crippen LogP contribution in [0.2, 0.25) is 0 Å². The summed E-state index contributed by atoms with van der Waals surface area (Å²) < 4.78 is 0. The summed E-state index contributed by atoms with van der Waals surface area (Å²) in [5.41, 5.74) is 0. The second-order valence-electron chi connectivity index (χ2n) is 6.05. The van der Waals surface area contributed by atoms with E-state index in [0.29, 0.717) is 19.3 Å². The van der Waals surface area contributed by atoms with Gasteiger partial charge in [-0.15, -0.1) is 0 Å². The fourth-order valence-electron chi connectivity index (χ4n) is 3.96. The zero-order valence-corrected chi connectivity index (χ0v) is 10.9. The lowest BCUT2D eigenvalue weighted by Gasteiger charge is -2.22. The molecule has 104 valence electrons. The molecule has 0 radical (unpaired) electrons. The zero-order chi connectivity index (χ0) is 13.6. The number of hydrogen-bond donors (Lipinski definition) is 1. The van der Waals surface area contributed by atoms with E-state index in [0.717, 1.165) is 25.7 Å². The second-order valence-corrected chi connectivity index (χ2v) is 6.05. The van der Waals surface area contributed by atoms with Gasteiger partial charge in [0.05, 0.1) is 17.8 Å². The van der Waals surface area contributed by atoms with Crippen LogP contribution < -0.4 is 0 Å². The maximum atomic E-state index is 12.4. The number of fused-ring (bicyclic) bond motifs is 1. The quantitative estimate of drug-likeness (QED) is 0.766. The molecular weight excluding hydrogens is 246 g/mol. The molecule has 4 atom stereocenters. The molecule has 3 aliphatic rings. The van der Waals surface area contributed by atoms with Gasteiger partial charge < -0.3 is 5.11 Å². The molecule has 1 heterocycles. The maximum Gasteiger partial charge on any atom is 0.306 e. The number of carbonyl (C=O) groups excluding carboxylic acids is 2. The van der Waals surface area contributed by atoms with Gasteiger partial charge in [0.1, 0.15) is 0 Å². The monoisotopic (exact) mass is 265 g/mol. The Morgan fingerprint density at radius 2 is 1.58 bits per heavy atom. The average Bonchev–Trinajstić information content (AvgIpc) is 2.96. The Hall–Kier alpha value is -1.39. The van der Waals surface area contributed by atoms with Crippen molar-refractivity contribution in [2.24, 2.45) is 17.8 Å². The summed E-state index contributed by atoms with van der Waals surface area (Å²) in [7, 11) is 0. The van der Waals surface area contributed by atoms with Gasteiger partial charge >= 0.3 is 5.97 Å². The van der Waals surface area contributed by atoms with Gasteiger partial charge in [0.2, 0.25) is 11.8 Å². The summed E-state index contributed by atoms with van der Waals surface area (Å²) in [6.07, 6.45) is 5.35. The SMILES string of the molecule is O=C(O)C1CCC(N2C(=O)C3CCCCC3C2=O)C1. The zero-order valence-electron chi connectivity index (χ0n) is 10.9. The third-order valence-electron chi connectivity index (χ3n) is 4.99. The van der Waals surface area contributed by atoms with E-state index in [1.165, 1.54) is 4.90 Å². The Bertz CT molecular complexity index is 409. The predicted octanol–water partition coefficient (Wildman–Crippen LogP) is 1.41. The lowest BCUT2D eigenvalue weighted by atomic mass is 9.81. The molecule has 0 aromatic heterocycles. The summed E-state index contributed by atoms with van der Waals surface area (Å²) in [4.78, 5) is 37.2. The summed E-state index contributed by atoms with van der Waals surface area (Å²) in [6.45, 7) is 0. The standard InChI is InChI=1S/C14H19NO4/c16-12-10-3-1-2-4-11(10)13(17)15(12)9-6-5-8(7-9)14(18)19/h8-11H,1-7H2,(H,18,19). The maximum absolute atomic E-state index is 12.4. The molecule has 2 amide bonds. The first-order chi connectivity index (χ1) is 9.09. The summed E-state index contributed by atoms with van der Waals surface area (Å²) >= 11 is 0. The molecule has 1 N–H and O–H groups in total. The highest BCUT2D eigenvalue weighted by Crippen LogP contribution is 2.41. The van der Waals surface area contributed by atoms with Crippen LogP contribution in [0.5, 0.6) is 0 Å². The Morgan fingerprint density at radius 3 is 2.05 bits per heavy atom. The van der Waals surface area contributed by atoms with Gasteiger partial charge in [0, 0.05) is 6.04 Å². The largest absolute Gasteiger partial charge is 0.481 e. The molecule has 3 rings (SSSR count). The first kappa shape index (κ1) is 12.6. The number of carboxylic acids is 1. The van der Waals surface area contributed by atoms with E-state index in [-0.39, 0.29) is 29.7 Å². The summed E-state index contributed by atoms with van der Waals surface area (Å²) in [6, 6.07) is -0.174. The molecule has 1 saturated heterocycles. The van der Waals surface area contributed by atoms with Gasteiger partial charge in [0.25, 0.3) is 0 Å². The van der Waals surface area contributed by atoms with E-state index in [1.807, 2.05) is 0 Å². The van der Waals surface area contributed by atoms with E-state index >= 15 is 0 Å². The molecule has 5 heteroatoms. The first-order valence-electron chi connectivity index (χ1n) is 7.19. The molecule has 3 fully saturated rings. The molecule has 0 spiro atoms. The molecule has 0 bridgehead atoms. The van der Waals surface area contributed by atoms with Crippen molar-refractivity contribution in [1.82, 2.24) is 4.90 Å². The Labute approximate surface area is 112 Å². The minimum Gasteiger partial charge on any atom is -0.481 e. The van der Waals surface area contributed by atoms with E-state index in [1.54, 1.807) is 0 Å². The summed E-state index contributed by atoms with van der Waals surface area (Å²) in [5.74, 6) is -1.51. The third-order valence-corrected chi connectivity index (χ3v) is 4.99. The minimum atomic E-state index is -0.806. The summed E-state index contributed by atoms with van der Waals surface area (Å²) in [5, 5.41) is 9.02. The number of imide groups is 1. The molecule has 1 aliphatic heterocycles. The molecule has 5 nitrogen and oxygen atoms in total. The lowest BCUT2D eigenvalue weighted by molar-refractivity contribution is -0.145. The van der Waals surface area contributed by atoms with Gasteiger partial charge in [0.15, 0.2) is 0 Å². The predicted molar refractivity (Wildman–Crippen MR) is 66.1 cm³/mol. The van der Waals surface area contributed by atoms with Gasteiger partial charge in [-0.2, -0.15) is 0 Å². The van der Waals surface area contributed by atoms with Gasteiger partial charge in [-0.05, 0) is 32.1 Å². The van der Waals surface area contributed by atoms with Crippen molar-refractivity contribution in [3.05, 3.63) is 0 Å². The highest BCUT2D eigenvalue weighted by molar-refractivity contribution is 6.05. The normalized spacial score (nSPS) is 38.6. The fraction of sp³-hybridized carbons (Fsp3) is 0.786. The van der Waals surface area contributed by atoms with Crippen LogP contribution in [0.25, 0.3) is 0 Å². The fourth-order valence-corrected chi connectivity index (χ4v) is 3.96. The number of likely N-dealkylation sites (tertiary alicyclic amines) is 1. The van der Waals surface area contributed by atoms with Crippen molar-refractivity contribution in [2.75, 3.05) is 0 Å². The number of nitrogens with zero attached hydrogens (tertiary/aromatic N) is 1. The Kier molecular flexibility index (Phi) is 3.07. The second kappa shape index (κ2) is 4.62. The third kappa shape index (κ3) is 1.95. The van der Waals surface area contributed by atoms with Crippen molar-refractivity contribution in [1.29, 1.82) is 0 Å². The number of aliphatic carboxylic acids is 1. The van der Waals surface area contributed by atoms with Crippen LogP contribution in [0.4, 0.5) is 0 Å². The van der Waals surface area contributed by atoms with Crippen molar-refractivity contribution < 1.29 is 19.5 Å². The molecular formula is C14H19NO4. The van der Waals surface area contributed by atoms with Gasteiger partial charge in [-0.3, -0.25) is 19.3 Å². The van der Waals surface area contributed by atoms with Gasteiger partial charge in [-0.25, -0.2) is 0 Å². The highest BCUT2D eigenvalue weighted by atomic mass is 16.4. The number of carboxylic acid groups (broad SMARTS) is 1. The topological polar surface area (TPSA) is 74.7 Å². The van der Waals surface area contributed by atoms with Crippen LogP contribution in [-0.4, -0.2) is 33.8 Å². The Morgan fingerprint density at radius 1 is 1.00 bits per heavy atom. The number of rotatable bonds is 2. The van der Waals surface area contributed by atoms with Crippen molar-refractivity contribution in [3.63, 3.8) is 0 Å². The van der Waals surface area contributed by atoms with Crippen LogP contribution in [0.1, 0.15) is 44.9 Å². The highest BCUT2D eigenvalue weighted by Gasteiger charge is 2.51. The van der Waals surface area contributed by atoms with Crippen molar-refractivity contribution >= 4 is 17.8 Å². The Balaban J connectivity index is 1.76. The van der Waals surface area contributed by atoms with Crippen LogP contribution >= 0.6 is 0 Å². The number of amides is 2. The van der Waals surface area contributed by atoms with Gasteiger partial charge in [-0.1, -0.05) is 12.8 Å². The average molecular weight is 265 g/mol. The molecule has 0 aromatic carbocycles. The molecule has 19 heavy (non-hydrogen) atoms. The van der Waals surface area contributed by atoms with E-state index in [4.69, 9.17) is 5.11 Å². The number of hydrogen-bond acceptors (Lipinski definition) is 3. The van der Waals surface area contributed by atoms with Crippen LogP contribution in [0.15, 0.2) is 0 Å².